The van der Waals surface area contributed by atoms with Crippen molar-refractivity contribution in [3.05, 3.63) is 53.6 Å². The van der Waals surface area contributed by atoms with E-state index in [2.05, 4.69) is 4.72 Å². The first-order valence-corrected chi connectivity index (χ1v) is 12.5. The molecule has 2 fully saturated rings. The average molecular weight is 457 g/mol. The molecule has 1 heterocycles. The van der Waals surface area contributed by atoms with E-state index in [1.165, 1.54) is 18.1 Å². The first kappa shape index (κ1) is 22.3. The second-order valence-electron chi connectivity index (χ2n) is 8.36. The van der Waals surface area contributed by atoms with Crippen molar-refractivity contribution < 1.29 is 22.7 Å². The Kier molecular flexibility index (Phi) is 6.24. The number of methoxy groups -OCH3 is 1. The van der Waals surface area contributed by atoms with Crippen LogP contribution in [0.2, 0.25) is 0 Å². The van der Waals surface area contributed by atoms with E-state index in [1.54, 1.807) is 24.3 Å². The number of fused-ring (bicyclic) bond motifs is 1. The number of carbonyl (C=O) groups is 2. The van der Waals surface area contributed by atoms with Gasteiger partial charge in [0.25, 0.3) is 10.0 Å². The number of imide groups is 1. The average Bonchev–Trinajstić information content (AvgIpc) is 3.04. The van der Waals surface area contributed by atoms with Crippen LogP contribution in [-0.4, -0.2) is 32.2 Å². The SMILES string of the molecule is CCc1ccccc1NS(=O)(=O)c1cc(CN2C(=O)[C@H]3CCCC[C@@H]3C2=O)ccc1OC. The predicted molar refractivity (Wildman–Crippen MR) is 121 cm³/mol. The van der Waals surface area contributed by atoms with Gasteiger partial charge in [0, 0.05) is 0 Å². The van der Waals surface area contributed by atoms with E-state index in [4.69, 9.17) is 4.74 Å². The minimum atomic E-state index is -3.96. The fourth-order valence-corrected chi connectivity index (χ4v) is 6.05. The molecule has 170 valence electrons. The molecule has 0 bridgehead atoms. The molecule has 4 rings (SSSR count). The van der Waals surface area contributed by atoms with Gasteiger partial charge in [0.1, 0.15) is 10.6 Å². The Hall–Kier alpha value is -2.87. The maximum absolute atomic E-state index is 13.2. The van der Waals surface area contributed by atoms with Gasteiger partial charge in [-0.25, -0.2) is 8.42 Å². The van der Waals surface area contributed by atoms with E-state index in [9.17, 15) is 18.0 Å². The number of sulfonamides is 1. The molecule has 0 aromatic heterocycles. The molecule has 8 heteroatoms. The van der Waals surface area contributed by atoms with Gasteiger partial charge in [-0.15, -0.1) is 0 Å². The van der Waals surface area contributed by atoms with Gasteiger partial charge < -0.3 is 4.74 Å². The van der Waals surface area contributed by atoms with Crippen LogP contribution in [0.5, 0.6) is 5.75 Å². The number of para-hydroxylation sites is 1. The third kappa shape index (κ3) is 4.11. The molecule has 0 radical (unpaired) electrons. The summed E-state index contributed by atoms with van der Waals surface area (Å²) in [5.74, 6) is -0.553. The maximum atomic E-state index is 13.2. The number of nitrogens with one attached hydrogen (secondary N) is 1. The molecule has 1 saturated carbocycles. The Morgan fingerprint density at radius 2 is 1.69 bits per heavy atom. The molecule has 32 heavy (non-hydrogen) atoms. The minimum absolute atomic E-state index is 0.0279. The highest BCUT2D eigenvalue weighted by atomic mass is 32.2. The standard InChI is InChI=1S/C24H28N2O5S/c1-3-17-8-4-7-11-20(17)25-32(29,30)22-14-16(12-13-21(22)31-2)15-26-23(27)18-9-5-6-10-19(18)24(26)28/h4,7-8,11-14,18-19,25H,3,5-6,9-10,15H2,1-2H3/t18-,19-/m0/s1. The Labute approximate surface area is 188 Å². The van der Waals surface area contributed by atoms with Crippen molar-refractivity contribution in [2.24, 2.45) is 11.8 Å². The van der Waals surface area contributed by atoms with Gasteiger partial charge in [-0.3, -0.25) is 19.2 Å². The van der Waals surface area contributed by atoms with Crippen LogP contribution in [-0.2, 0) is 32.6 Å². The molecule has 2 atom stereocenters. The van der Waals surface area contributed by atoms with E-state index in [0.717, 1.165) is 31.2 Å². The molecule has 2 aromatic rings. The Morgan fingerprint density at radius 3 is 2.31 bits per heavy atom. The molecule has 1 N–H and O–H groups in total. The van der Waals surface area contributed by atoms with Crippen molar-refractivity contribution in [1.29, 1.82) is 0 Å². The van der Waals surface area contributed by atoms with Crippen molar-refractivity contribution in [1.82, 2.24) is 4.90 Å². The number of benzene rings is 2. The normalized spacial score (nSPS) is 20.9. The zero-order valence-corrected chi connectivity index (χ0v) is 19.2. The molecular weight excluding hydrogens is 428 g/mol. The highest BCUT2D eigenvalue weighted by molar-refractivity contribution is 7.92. The van der Waals surface area contributed by atoms with Gasteiger partial charge in [0.2, 0.25) is 11.8 Å². The van der Waals surface area contributed by atoms with Crippen LogP contribution in [0, 0.1) is 11.8 Å². The fraction of sp³-hybridized carbons (Fsp3) is 0.417. The largest absolute Gasteiger partial charge is 0.495 e. The first-order valence-electron chi connectivity index (χ1n) is 11.0. The molecule has 1 aliphatic heterocycles. The van der Waals surface area contributed by atoms with E-state index in [-0.39, 0.29) is 40.8 Å². The lowest BCUT2D eigenvalue weighted by molar-refractivity contribution is -0.140. The topological polar surface area (TPSA) is 92.8 Å². The number of nitrogens with zero attached hydrogens (tertiary/aromatic N) is 1. The summed E-state index contributed by atoms with van der Waals surface area (Å²) >= 11 is 0. The van der Waals surface area contributed by atoms with Gasteiger partial charge in [0.05, 0.1) is 31.2 Å². The van der Waals surface area contributed by atoms with Gasteiger partial charge in [-0.1, -0.05) is 44.0 Å². The van der Waals surface area contributed by atoms with Gasteiger partial charge in [0.15, 0.2) is 0 Å². The Bertz CT molecular complexity index is 1120. The van der Waals surface area contributed by atoms with Gasteiger partial charge in [-0.05, 0) is 48.6 Å². The van der Waals surface area contributed by atoms with Crippen LogP contribution in [0.3, 0.4) is 0 Å². The summed E-state index contributed by atoms with van der Waals surface area (Å²) in [6, 6.07) is 12.0. The number of carbonyl (C=O) groups excluding carboxylic acids is 2. The third-order valence-corrected chi connectivity index (χ3v) is 7.82. The second kappa shape index (κ2) is 8.94. The fourth-order valence-electron chi connectivity index (χ4n) is 4.73. The van der Waals surface area contributed by atoms with E-state index in [0.29, 0.717) is 17.7 Å². The number of hydrogen-bond donors (Lipinski definition) is 1. The van der Waals surface area contributed by atoms with Crippen LogP contribution in [0.4, 0.5) is 5.69 Å². The smallest absolute Gasteiger partial charge is 0.265 e. The van der Waals surface area contributed by atoms with Gasteiger partial charge in [-0.2, -0.15) is 0 Å². The van der Waals surface area contributed by atoms with E-state index < -0.39 is 10.0 Å². The van der Waals surface area contributed by atoms with Crippen molar-refractivity contribution in [3.63, 3.8) is 0 Å². The van der Waals surface area contributed by atoms with Crippen LogP contribution in [0.15, 0.2) is 47.4 Å². The summed E-state index contributed by atoms with van der Waals surface area (Å²) in [7, 11) is -2.55. The Balaban J connectivity index is 1.63. The third-order valence-electron chi connectivity index (χ3n) is 6.43. The van der Waals surface area contributed by atoms with Crippen molar-refractivity contribution in [2.75, 3.05) is 11.8 Å². The number of aryl methyl sites for hydroxylation is 1. The summed E-state index contributed by atoms with van der Waals surface area (Å²) in [6.07, 6.45) is 4.09. The monoisotopic (exact) mass is 456 g/mol. The lowest BCUT2D eigenvalue weighted by Gasteiger charge is -2.19. The predicted octanol–water partition coefficient (Wildman–Crippen LogP) is 3.73. The zero-order chi connectivity index (χ0) is 22.9. The van der Waals surface area contributed by atoms with Crippen LogP contribution in [0.1, 0.15) is 43.7 Å². The van der Waals surface area contributed by atoms with Crippen LogP contribution in [0.25, 0.3) is 0 Å². The molecule has 2 amide bonds. The molecule has 1 aliphatic carbocycles. The summed E-state index contributed by atoms with van der Waals surface area (Å²) in [5, 5.41) is 0. The molecule has 1 saturated heterocycles. The van der Waals surface area contributed by atoms with Crippen LogP contribution >= 0.6 is 0 Å². The molecular formula is C24H28N2O5S. The molecule has 0 spiro atoms. The minimum Gasteiger partial charge on any atom is -0.495 e. The summed E-state index contributed by atoms with van der Waals surface area (Å²) in [5.41, 5.74) is 1.95. The number of ether oxygens (including phenoxy) is 1. The molecule has 2 aliphatic rings. The summed E-state index contributed by atoms with van der Waals surface area (Å²) < 4.78 is 34.4. The highest BCUT2D eigenvalue weighted by Crippen LogP contribution is 2.39. The summed E-state index contributed by atoms with van der Waals surface area (Å²) in [4.78, 5) is 26.9. The number of anilines is 1. The van der Waals surface area contributed by atoms with Crippen molar-refractivity contribution in [3.8, 4) is 5.75 Å². The maximum Gasteiger partial charge on any atom is 0.265 e. The molecule has 2 aromatic carbocycles. The Morgan fingerprint density at radius 1 is 1.03 bits per heavy atom. The second-order valence-corrected chi connectivity index (χ2v) is 10.0. The summed E-state index contributed by atoms with van der Waals surface area (Å²) in [6.45, 7) is 2.01. The van der Waals surface area contributed by atoms with E-state index in [1.807, 2.05) is 19.1 Å². The van der Waals surface area contributed by atoms with E-state index >= 15 is 0 Å². The number of rotatable bonds is 7. The molecule has 7 nitrogen and oxygen atoms in total. The number of likely N-dealkylation sites (tertiary alicyclic amines) is 1. The lowest BCUT2D eigenvalue weighted by atomic mass is 9.81. The van der Waals surface area contributed by atoms with Gasteiger partial charge >= 0.3 is 0 Å². The number of hydrogen-bond acceptors (Lipinski definition) is 5. The van der Waals surface area contributed by atoms with Crippen molar-refractivity contribution >= 4 is 27.5 Å². The lowest BCUT2D eigenvalue weighted by Crippen LogP contribution is -2.30. The highest BCUT2D eigenvalue weighted by Gasteiger charge is 2.47. The zero-order valence-electron chi connectivity index (χ0n) is 18.3. The quantitative estimate of drug-likeness (QED) is 0.641. The number of amides is 2. The van der Waals surface area contributed by atoms with Crippen molar-refractivity contribution in [2.45, 2.75) is 50.5 Å². The molecule has 0 unspecified atom stereocenters. The first-order chi connectivity index (χ1) is 15.4. The van der Waals surface area contributed by atoms with Crippen LogP contribution < -0.4 is 9.46 Å².